The van der Waals surface area contributed by atoms with Gasteiger partial charge in [-0.2, -0.15) is 0 Å². The van der Waals surface area contributed by atoms with Gasteiger partial charge in [-0.1, -0.05) is 42.5 Å². The number of carbonyl (C=O) groups excluding carboxylic acids is 2. The van der Waals surface area contributed by atoms with Gasteiger partial charge in [0.15, 0.2) is 0 Å². The number of benzene rings is 3. The van der Waals surface area contributed by atoms with Gasteiger partial charge in [-0.15, -0.1) is 0 Å². The summed E-state index contributed by atoms with van der Waals surface area (Å²) in [5, 5.41) is 3.13. The van der Waals surface area contributed by atoms with E-state index in [4.69, 9.17) is 5.73 Å². The summed E-state index contributed by atoms with van der Waals surface area (Å²) in [5.74, 6) is -1.31. The van der Waals surface area contributed by atoms with Gasteiger partial charge in [0.2, 0.25) is 11.7 Å². The molecule has 3 aromatic carbocycles. The maximum Gasteiger partial charge on any atom is 0.248 e. The predicted octanol–water partition coefficient (Wildman–Crippen LogP) is 3.87. The first kappa shape index (κ1) is 23.6. The largest absolute Gasteiger partial charge is 0.366 e. The van der Waals surface area contributed by atoms with Gasteiger partial charge in [0, 0.05) is 29.9 Å². The van der Waals surface area contributed by atoms with E-state index in [1.807, 2.05) is 44.4 Å². The van der Waals surface area contributed by atoms with Gasteiger partial charge < -0.3 is 10.6 Å². The van der Waals surface area contributed by atoms with Crippen LogP contribution >= 0.6 is 0 Å². The Balaban J connectivity index is 1.49. The second-order valence-electron chi connectivity index (χ2n) is 9.13. The van der Waals surface area contributed by atoms with Crippen molar-refractivity contribution in [3.63, 3.8) is 0 Å². The number of rotatable bonds is 6. The summed E-state index contributed by atoms with van der Waals surface area (Å²) in [4.78, 5) is 31.6. The Morgan fingerprint density at radius 1 is 1.14 bits per heavy atom. The van der Waals surface area contributed by atoms with Crippen molar-refractivity contribution < 1.29 is 14.0 Å². The van der Waals surface area contributed by atoms with E-state index in [0.29, 0.717) is 29.2 Å². The number of fused-ring (bicyclic) bond motifs is 1. The molecule has 0 bridgehead atoms. The molecule has 1 amide bonds. The zero-order chi connectivity index (χ0) is 25.4. The van der Waals surface area contributed by atoms with Crippen LogP contribution in [0.25, 0.3) is 16.8 Å². The van der Waals surface area contributed by atoms with E-state index in [-0.39, 0.29) is 11.3 Å². The number of amides is 1. The second-order valence-corrected chi connectivity index (χ2v) is 9.13. The lowest BCUT2D eigenvalue weighted by molar-refractivity contribution is 0.0919. The normalized spacial score (nSPS) is 15.2. The fourth-order valence-corrected chi connectivity index (χ4v) is 4.67. The van der Waals surface area contributed by atoms with E-state index < -0.39 is 17.8 Å². The molecule has 5 rings (SSSR count). The van der Waals surface area contributed by atoms with Crippen LogP contribution in [0.1, 0.15) is 43.7 Å². The maximum absolute atomic E-state index is 15.5. The number of aromatic nitrogens is 2. The van der Waals surface area contributed by atoms with Crippen molar-refractivity contribution in [2.75, 3.05) is 14.1 Å². The molecular formula is C28H26FN5O2. The average Bonchev–Trinajstić information content (AvgIpc) is 3.30. The Morgan fingerprint density at radius 2 is 1.94 bits per heavy atom. The number of nitrogens with two attached hydrogens (primary N) is 1. The Labute approximate surface area is 208 Å². The molecule has 0 fully saturated rings. The molecule has 36 heavy (non-hydrogen) atoms. The first-order valence-electron chi connectivity index (χ1n) is 11.6. The van der Waals surface area contributed by atoms with Gasteiger partial charge in [0.05, 0.1) is 5.69 Å². The van der Waals surface area contributed by atoms with Crippen LogP contribution in [-0.4, -0.2) is 40.2 Å². The van der Waals surface area contributed by atoms with Crippen molar-refractivity contribution in [1.29, 1.82) is 0 Å². The first-order chi connectivity index (χ1) is 17.3. The Hall–Kier alpha value is -4.14. The number of Topliss-reactive ketones (excluding diaryl/α,β-unsaturated/α-hetero) is 1. The fraction of sp³-hybridized carbons (Fsp3) is 0.179. The van der Waals surface area contributed by atoms with Crippen molar-refractivity contribution in [2.45, 2.75) is 19.1 Å². The maximum atomic E-state index is 15.5. The van der Waals surface area contributed by atoms with Gasteiger partial charge in [-0.3, -0.25) is 19.5 Å². The number of carbonyl (C=O) groups is 2. The highest BCUT2D eigenvalue weighted by molar-refractivity contribution is 6.02. The van der Waals surface area contributed by atoms with Gasteiger partial charge >= 0.3 is 0 Å². The third-order valence-corrected chi connectivity index (χ3v) is 6.35. The summed E-state index contributed by atoms with van der Waals surface area (Å²) in [6, 6.07) is 18.7. The number of imidazole rings is 1. The molecule has 0 radical (unpaired) electrons. The zero-order valence-electron chi connectivity index (χ0n) is 20.0. The topological polar surface area (TPSA) is 93.2 Å². The minimum absolute atomic E-state index is 0.276. The standard InChI is InChI=1S/C28H26FN5O2/c1-33(2)15-19-6-3-4-9-21(19)17-10-11-22(23(29)13-17)25-27(35)26-24(14-31-25)32-16-34(26)20-8-5-7-18(12-20)28(30)36/h3-13,16,25,31H,14-15H2,1-2H3,(H2,30,36). The third-order valence-electron chi connectivity index (χ3n) is 6.35. The van der Waals surface area contributed by atoms with Gasteiger partial charge in [0.25, 0.3) is 0 Å². The molecule has 7 nitrogen and oxygen atoms in total. The van der Waals surface area contributed by atoms with Crippen LogP contribution in [0.4, 0.5) is 4.39 Å². The molecule has 1 atom stereocenters. The minimum atomic E-state index is -0.863. The van der Waals surface area contributed by atoms with Crippen molar-refractivity contribution in [1.82, 2.24) is 19.8 Å². The molecule has 1 aliphatic heterocycles. The van der Waals surface area contributed by atoms with E-state index in [1.165, 1.54) is 12.4 Å². The molecule has 1 aromatic heterocycles. The van der Waals surface area contributed by atoms with Crippen molar-refractivity contribution in [3.8, 4) is 16.8 Å². The molecule has 2 heterocycles. The summed E-state index contributed by atoms with van der Waals surface area (Å²) in [7, 11) is 3.98. The molecule has 0 spiro atoms. The SMILES string of the molecule is CN(C)Cc1ccccc1-c1ccc(C2NCc3ncn(-c4cccc(C(N)=O)c4)c3C2=O)c(F)c1. The molecule has 4 aromatic rings. The number of ketones is 1. The number of halogens is 1. The summed E-state index contributed by atoms with van der Waals surface area (Å²) >= 11 is 0. The van der Waals surface area contributed by atoms with E-state index in [0.717, 1.165) is 23.2 Å². The lowest BCUT2D eigenvalue weighted by Gasteiger charge is -2.24. The van der Waals surface area contributed by atoms with Gasteiger partial charge in [-0.25, -0.2) is 9.37 Å². The quantitative estimate of drug-likeness (QED) is 0.434. The number of nitrogens with zero attached hydrogens (tertiary/aromatic N) is 3. The number of hydrogen-bond acceptors (Lipinski definition) is 5. The first-order valence-corrected chi connectivity index (χ1v) is 11.6. The smallest absolute Gasteiger partial charge is 0.248 e. The lowest BCUT2D eigenvalue weighted by atomic mass is 9.92. The highest BCUT2D eigenvalue weighted by Gasteiger charge is 2.34. The summed E-state index contributed by atoms with van der Waals surface area (Å²) in [5.41, 5.74) is 10.3. The minimum Gasteiger partial charge on any atom is -0.366 e. The zero-order valence-corrected chi connectivity index (χ0v) is 20.0. The summed E-state index contributed by atoms with van der Waals surface area (Å²) < 4.78 is 17.1. The van der Waals surface area contributed by atoms with E-state index in [9.17, 15) is 9.59 Å². The predicted molar refractivity (Wildman–Crippen MR) is 135 cm³/mol. The van der Waals surface area contributed by atoms with E-state index in [1.54, 1.807) is 34.9 Å². The Bertz CT molecular complexity index is 1480. The highest BCUT2D eigenvalue weighted by atomic mass is 19.1. The third kappa shape index (κ3) is 4.32. The van der Waals surface area contributed by atoms with Gasteiger partial charge in [-0.05, 0) is 55.1 Å². The van der Waals surface area contributed by atoms with Crippen LogP contribution in [0.5, 0.6) is 0 Å². The fourth-order valence-electron chi connectivity index (χ4n) is 4.67. The summed E-state index contributed by atoms with van der Waals surface area (Å²) in [6.45, 7) is 1.03. The van der Waals surface area contributed by atoms with Crippen LogP contribution in [0, 0.1) is 5.82 Å². The molecule has 0 saturated heterocycles. The molecule has 0 saturated carbocycles. The molecule has 182 valence electrons. The monoisotopic (exact) mass is 483 g/mol. The Morgan fingerprint density at radius 3 is 2.69 bits per heavy atom. The lowest BCUT2D eigenvalue weighted by Crippen LogP contribution is -2.36. The van der Waals surface area contributed by atoms with Crippen LogP contribution < -0.4 is 11.1 Å². The van der Waals surface area contributed by atoms with Crippen LogP contribution in [0.3, 0.4) is 0 Å². The molecule has 8 heteroatoms. The second kappa shape index (κ2) is 9.49. The number of primary amides is 1. The molecular weight excluding hydrogens is 457 g/mol. The summed E-state index contributed by atoms with van der Waals surface area (Å²) in [6.07, 6.45) is 1.54. The average molecular weight is 484 g/mol. The number of nitrogens with one attached hydrogen (secondary N) is 1. The van der Waals surface area contributed by atoms with Crippen LogP contribution in [0.15, 0.2) is 73.1 Å². The molecule has 1 aliphatic rings. The van der Waals surface area contributed by atoms with Crippen molar-refractivity contribution in [2.24, 2.45) is 5.73 Å². The van der Waals surface area contributed by atoms with Crippen molar-refractivity contribution >= 4 is 11.7 Å². The Kier molecular flexibility index (Phi) is 6.22. The number of hydrogen-bond donors (Lipinski definition) is 2. The molecule has 1 unspecified atom stereocenters. The molecule has 3 N–H and O–H groups in total. The highest BCUT2D eigenvalue weighted by Crippen LogP contribution is 2.32. The molecule has 0 aliphatic carbocycles. The van der Waals surface area contributed by atoms with Crippen LogP contribution in [-0.2, 0) is 13.1 Å². The van der Waals surface area contributed by atoms with E-state index >= 15 is 4.39 Å². The van der Waals surface area contributed by atoms with Crippen LogP contribution in [0.2, 0.25) is 0 Å². The van der Waals surface area contributed by atoms with Crippen molar-refractivity contribution in [3.05, 3.63) is 107 Å². The van der Waals surface area contributed by atoms with Gasteiger partial charge in [0.1, 0.15) is 23.9 Å². The van der Waals surface area contributed by atoms with E-state index in [2.05, 4.69) is 15.2 Å².